The number of aliphatic imine (C=N–C) groups is 1. The summed E-state index contributed by atoms with van der Waals surface area (Å²) in [6, 6.07) is 7.73. The molecule has 1 aromatic heterocycles. The van der Waals surface area contributed by atoms with Crippen molar-refractivity contribution >= 4 is 23.5 Å². The van der Waals surface area contributed by atoms with Gasteiger partial charge in [0.2, 0.25) is 5.91 Å². The zero-order valence-electron chi connectivity index (χ0n) is 17.4. The molecule has 0 bridgehead atoms. The van der Waals surface area contributed by atoms with Crippen LogP contribution in [0, 0.1) is 23.1 Å². The van der Waals surface area contributed by atoms with Crippen LogP contribution in [0.25, 0.3) is 0 Å². The average Bonchev–Trinajstić information content (AvgIpc) is 3.19. The first-order chi connectivity index (χ1) is 16.0. The molecule has 3 unspecified atom stereocenters. The van der Waals surface area contributed by atoms with Crippen molar-refractivity contribution in [3.05, 3.63) is 59.2 Å². The minimum Gasteiger partial charge on any atom is -0.369 e. The second-order valence-electron chi connectivity index (χ2n) is 7.74. The van der Waals surface area contributed by atoms with Crippen molar-refractivity contribution in [3.63, 3.8) is 0 Å². The number of carbonyl (C=O) groups is 2. The molecule has 2 amide bonds. The molecule has 2 aromatic rings. The maximum Gasteiger partial charge on any atom is 0.415 e. The summed E-state index contributed by atoms with van der Waals surface area (Å²) < 4.78 is 60.9. The van der Waals surface area contributed by atoms with E-state index in [1.807, 2.05) is 6.07 Å². The van der Waals surface area contributed by atoms with Crippen LogP contribution in [0.2, 0.25) is 0 Å². The molecule has 3 heterocycles. The molecule has 1 fully saturated rings. The molecule has 4 rings (SSSR count). The largest absolute Gasteiger partial charge is 0.415 e. The fourth-order valence-electron chi connectivity index (χ4n) is 4.00. The molecular weight excluding hydrogens is 460 g/mol. The first-order valence-electron chi connectivity index (χ1n) is 9.76. The van der Waals surface area contributed by atoms with Gasteiger partial charge in [-0.1, -0.05) is 0 Å². The zero-order chi connectivity index (χ0) is 24.8. The predicted molar refractivity (Wildman–Crippen MR) is 109 cm³/mol. The van der Waals surface area contributed by atoms with Gasteiger partial charge in [-0.15, -0.1) is 0 Å². The minimum absolute atomic E-state index is 0.0105. The number of anilines is 1. The van der Waals surface area contributed by atoms with Gasteiger partial charge in [-0.05, 0) is 30.3 Å². The van der Waals surface area contributed by atoms with Crippen molar-refractivity contribution in [3.8, 4) is 6.07 Å². The van der Waals surface area contributed by atoms with E-state index in [1.54, 1.807) is 0 Å². The quantitative estimate of drug-likeness (QED) is 0.650. The van der Waals surface area contributed by atoms with E-state index in [4.69, 9.17) is 15.7 Å². The van der Waals surface area contributed by atoms with Crippen LogP contribution >= 0.6 is 0 Å². The minimum atomic E-state index is -4.92. The lowest BCUT2D eigenvalue weighted by atomic mass is 9.76. The number of nitriles is 1. The van der Waals surface area contributed by atoms with E-state index in [1.165, 1.54) is 24.4 Å². The molecule has 1 saturated heterocycles. The Labute approximate surface area is 189 Å². The number of amides is 2. The lowest BCUT2D eigenvalue weighted by Gasteiger charge is -2.39. The number of hydrogen-bond acceptors (Lipinski definition) is 7. The van der Waals surface area contributed by atoms with Crippen LogP contribution < -0.4 is 11.1 Å². The third-order valence-corrected chi connectivity index (χ3v) is 5.69. The molecule has 0 aliphatic carbocycles. The molecule has 9 nitrogen and oxygen atoms in total. The van der Waals surface area contributed by atoms with E-state index >= 15 is 0 Å². The molecule has 34 heavy (non-hydrogen) atoms. The average molecular weight is 476 g/mol. The molecule has 2 aliphatic rings. The second kappa shape index (κ2) is 8.07. The van der Waals surface area contributed by atoms with E-state index in [-0.39, 0.29) is 22.5 Å². The summed E-state index contributed by atoms with van der Waals surface area (Å²) in [7, 11) is 1.16. The van der Waals surface area contributed by atoms with Crippen molar-refractivity contribution in [2.24, 2.45) is 16.6 Å². The van der Waals surface area contributed by atoms with Gasteiger partial charge in [-0.2, -0.15) is 18.4 Å². The van der Waals surface area contributed by atoms with Crippen molar-refractivity contribution in [1.82, 2.24) is 9.88 Å². The molecular formula is C21H16F4N6O3. The summed E-state index contributed by atoms with van der Waals surface area (Å²) in [5.74, 6) is -5.02. The summed E-state index contributed by atoms with van der Waals surface area (Å²) in [6.07, 6.45) is -6.27. The summed E-state index contributed by atoms with van der Waals surface area (Å²) in [4.78, 5) is 34.0. The Bertz CT molecular complexity index is 1240. The molecule has 1 aromatic carbocycles. The number of hydrogen-bond donors (Lipinski definition) is 2. The van der Waals surface area contributed by atoms with Gasteiger partial charge in [0.1, 0.15) is 29.0 Å². The molecule has 3 atom stereocenters. The van der Waals surface area contributed by atoms with Gasteiger partial charge in [-0.3, -0.25) is 14.5 Å². The first kappa shape index (κ1) is 23.1. The summed E-state index contributed by atoms with van der Waals surface area (Å²) in [5, 5.41) is 11.3. The van der Waals surface area contributed by atoms with Crippen molar-refractivity contribution in [1.29, 1.82) is 5.26 Å². The van der Waals surface area contributed by atoms with Crippen LogP contribution in [0.4, 0.5) is 23.2 Å². The fraction of sp³-hybridized carbons (Fsp3) is 0.286. The number of carbonyl (C=O) groups excluding carboxylic acids is 2. The summed E-state index contributed by atoms with van der Waals surface area (Å²) in [6.45, 7) is -0.756. The highest BCUT2D eigenvalue weighted by Crippen LogP contribution is 2.51. The Morgan fingerprint density at radius 2 is 2.09 bits per heavy atom. The van der Waals surface area contributed by atoms with Crippen molar-refractivity contribution < 1.29 is 31.9 Å². The van der Waals surface area contributed by atoms with Crippen LogP contribution in [0.5, 0.6) is 0 Å². The number of pyridine rings is 1. The summed E-state index contributed by atoms with van der Waals surface area (Å²) >= 11 is 0. The Balaban J connectivity index is 1.75. The van der Waals surface area contributed by atoms with Gasteiger partial charge >= 0.3 is 6.18 Å². The number of halogens is 4. The van der Waals surface area contributed by atoms with Crippen molar-refractivity contribution in [2.75, 3.05) is 19.0 Å². The topological polar surface area (TPSA) is 134 Å². The van der Waals surface area contributed by atoms with Crippen LogP contribution in [-0.4, -0.2) is 53.6 Å². The number of alkyl halides is 3. The van der Waals surface area contributed by atoms with Gasteiger partial charge < -0.3 is 15.8 Å². The van der Waals surface area contributed by atoms with E-state index in [0.29, 0.717) is 0 Å². The SMILES string of the molecule is CN1C(=O)C2C(C(F)(F)F)OCC2(c2cc(NC(=O)c3ccc(C#N)cn3)ccc2F)N=C1N. The van der Waals surface area contributed by atoms with Crippen LogP contribution in [-0.2, 0) is 15.1 Å². The van der Waals surface area contributed by atoms with E-state index in [9.17, 15) is 27.2 Å². The standard InChI is InChI=1S/C21H16F4N6O3/c1-31-18(33)15-16(21(23,24)25)34-9-20(15,30-19(31)27)12-6-11(3-4-13(12)22)29-17(32)14-5-2-10(7-26)8-28-14/h2-6,8,15-16H,9H2,1H3,(H2,27,30)(H,29,32). The maximum absolute atomic E-state index is 15.0. The number of ether oxygens (including phenoxy) is 1. The normalized spacial score (nSPS) is 24.3. The highest BCUT2D eigenvalue weighted by molar-refractivity contribution is 6.03. The number of guanidine groups is 1. The fourth-order valence-corrected chi connectivity index (χ4v) is 4.00. The molecule has 13 heteroatoms. The van der Waals surface area contributed by atoms with Crippen LogP contribution in [0.1, 0.15) is 21.6 Å². The van der Waals surface area contributed by atoms with Gasteiger partial charge in [0.15, 0.2) is 12.1 Å². The van der Waals surface area contributed by atoms with E-state index in [2.05, 4.69) is 15.3 Å². The van der Waals surface area contributed by atoms with Gasteiger partial charge in [0, 0.05) is 24.5 Å². The van der Waals surface area contributed by atoms with Gasteiger partial charge in [-0.25, -0.2) is 14.4 Å². The smallest absolute Gasteiger partial charge is 0.369 e. The number of nitrogens with two attached hydrogens (primary N) is 1. The highest BCUT2D eigenvalue weighted by Gasteiger charge is 2.66. The number of benzene rings is 1. The lowest BCUT2D eigenvalue weighted by Crippen LogP contribution is -2.57. The molecule has 2 aliphatic heterocycles. The molecule has 3 N–H and O–H groups in total. The second-order valence-corrected chi connectivity index (χ2v) is 7.74. The monoisotopic (exact) mass is 476 g/mol. The third-order valence-electron chi connectivity index (χ3n) is 5.69. The van der Waals surface area contributed by atoms with Crippen molar-refractivity contribution in [2.45, 2.75) is 17.8 Å². The number of nitrogens with one attached hydrogen (secondary N) is 1. The van der Waals surface area contributed by atoms with E-state index in [0.717, 1.165) is 24.1 Å². The molecule has 176 valence electrons. The Morgan fingerprint density at radius 3 is 2.71 bits per heavy atom. The number of fused-ring (bicyclic) bond motifs is 1. The Hall–Kier alpha value is -4.05. The van der Waals surface area contributed by atoms with Crippen LogP contribution in [0.15, 0.2) is 41.5 Å². The zero-order valence-corrected chi connectivity index (χ0v) is 17.4. The Morgan fingerprint density at radius 1 is 1.35 bits per heavy atom. The highest BCUT2D eigenvalue weighted by atomic mass is 19.4. The number of nitrogens with zero attached hydrogens (tertiary/aromatic N) is 4. The van der Waals surface area contributed by atoms with Gasteiger partial charge in [0.05, 0.1) is 12.2 Å². The molecule has 0 spiro atoms. The van der Waals surface area contributed by atoms with E-state index < -0.39 is 53.9 Å². The molecule has 0 radical (unpaired) electrons. The lowest BCUT2D eigenvalue weighted by molar-refractivity contribution is -0.218. The molecule has 0 saturated carbocycles. The van der Waals surface area contributed by atoms with Gasteiger partial charge in [0.25, 0.3) is 5.91 Å². The summed E-state index contributed by atoms with van der Waals surface area (Å²) in [5.41, 5.74) is 3.47. The predicted octanol–water partition coefficient (Wildman–Crippen LogP) is 1.90. The maximum atomic E-state index is 15.0. The first-order valence-corrected chi connectivity index (χ1v) is 9.76. The third kappa shape index (κ3) is 3.71. The number of rotatable bonds is 3. The number of aromatic nitrogens is 1. The Kier molecular flexibility index (Phi) is 5.49. The van der Waals surface area contributed by atoms with Crippen LogP contribution in [0.3, 0.4) is 0 Å².